The van der Waals surface area contributed by atoms with Crippen molar-refractivity contribution < 1.29 is 19.4 Å². The monoisotopic (exact) mass is 343 g/mol. The number of benzene rings is 2. The van der Waals surface area contributed by atoms with Crippen molar-refractivity contribution in [3.8, 4) is 17.2 Å². The van der Waals surface area contributed by atoms with E-state index in [0.717, 1.165) is 11.4 Å². The van der Waals surface area contributed by atoms with Gasteiger partial charge in [0.25, 0.3) is 5.91 Å². The van der Waals surface area contributed by atoms with Gasteiger partial charge in [0, 0.05) is 11.3 Å². The minimum atomic E-state index is -0.312. The number of phenolic OH excluding ortho intramolecular Hbond substituents is 1. The third kappa shape index (κ3) is 5.42. The summed E-state index contributed by atoms with van der Waals surface area (Å²) in [6.45, 7) is 2.59. The highest BCUT2D eigenvalue weighted by atomic mass is 16.5. The summed E-state index contributed by atoms with van der Waals surface area (Å²) in [5, 5.41) is 16.7. The number of carbonyl (C=O) groups is 1. The number of hydrogen-bond donors (Lipinski definition) is 3. The Kier molecular flexibility index (Phi) is 6.65. The van der Waals surface area contributed by atoms with E-state index in [0.29, 0.717) is 17.9 Å². The molecule has 0 saturated heterocycles. The summed E-state index contributed by atoms with van der Waals surface area (Å²) in [5.74, 6) is 0.774. The molecular formula is C18H21N3O4. The predicted octanol–water partition coefficient (Wildman–Crippen LogP) is 2.36. The van der Waals surface area contributed by atoms with Crippen LogP contribution in [0.5, 0.6) is 17.2 Å². The van der Waals surface area contributed by atoms with Crippen molar-refractivity contribution in [2.45, 2.75) is 6.92 Å². The number of anilines is 1. The van der Waals surface area contributed by atoms with E-state index >= 15 is 0 Å². The molecule has 7 nitrogen and oxygen atoms in total. The number of hydrogen-bond acceptors (Lipinski definition) is 6. The molecule has 0 fully saturated rings. The quantitative estimate of drug-likeness (QED) is 0.505. The highest BCUT2D eigenvalue weighted by molar-refractivity contribution is 5.87. The highest BCUT2D eigenvalue weighted by Gasteiger charge is 2.05. The van der Waals surface area contributed by atoms with E-state index in [1.165, 1.54) is 13.3 Å². The first-order valence-corrected chi connectivity index (χ1v) is 7.78. The molecule has 0 aromatic heterocycles. The zero-order valence-corrected chi connectivity index (χ0v) is 14.2. The smallest absolute Gasteiger partial charge is 0.259 e. The summed E-state index contributed by atoms with van der Waals surface area (Å²) in [6.07, 6.45) is 1.35. The normalized spacial score (nSPS) is 10.5. The molecule has 0 heterocycles. The number of carbonyl (C=O) groups excluding carboxylic acids is 1. The summed E-state index contributed by atoms with van der Waals surface area (Å²) in [6, 6.07) is 12.3. The summed E-state index contributed by atoms with van der Waals surface area (Å²) in [5.41, 5.74) is 3.63. The lowest BCUT2D eigenvalue weighted by molar-refractivity contribution is -0.119. The molecule has 2 aromatic carbocycles. The van der Waals surface area contributed by atoms with Gasteiger partial charge in [-0.25, -0.2) is 5.43 Å². The van der Waals surface area contributed by atoms with Crippen LogP contribution in [0.4, 0.5) is 5.69 Å². The van der Waals surface area contributed by atoms with E-state index in [1.54, 1.807) is 18.2 Å². The van der Waals surface area contributed by atoms with E-state index in [-0.39, 0.29) is 18.2 Å². The van der Waals surface area contributed by atoms with Gasteiger partial charge in [-0.15, -0.1) is 0 Å². The van der Waals surface area contributed by atoms with Gasteiger partial charge in [0.05, 0.1) is 26.5 Å². The van der Waals surface area contributed by atoms with Gasteiger partial charge >= 0.3 is 0 Å². The van der Waals surface area contributed by atoms with E-state index in [4.69, 9.17) is 9.47 Å². The van der Waals surface area contributed by atoms with Gasteiger partial charge in [0.1, 0.15) is 5.75 Å². The van der Waals surface area contributed by atoms with Crippen molar-refractivity contribution in [2.24, 2.45) is 5.10 Å². The average Bonchev–Trinajstić information content (AvgIpc) is 2.63. The molecule has 7 heteroatoms. The van der Waals surface area contributed by atoms with Crippen LogP contribution < -0.4 is 20.2 Å². The minimum Gasteiger partial charge on any atom is -0.504 e. The number of phenols is 1. The summed E-state index contributed by atoms with van der Waals surface area (Å²) < 4.78 is 10.4. The Morgan fingerprint density at radius 1 is 1.24 bits per heavy atom. The van der Waals surface area contributed by atoms with Crippen molar-refractivity contribution >= 4 is 17.8 Å². The van der Waals surface area contributed by atoms with Gasteiger partial charge in [-0.2, -0.15) is 5.10 Å². The zero-order valence-electron chi connectivity index (χ0n) is 14.2. The molecule has 1 amide bonds. The third-order valence-corrected chi connectivity index (χ3v) is 3.26. The zero-order chi connectivity index (χ0) is 18.1. The van der Waals surface area contributed by atoms with E-state index in [9.17, 15) is 9.90 Å². The Hall–Kier alpha value is -3.22. The second-order valence-corrected chi connectivity index (χ2v) is 5.00. The van der Waals surface area contributed by atoms with Gasteiger partial charge in [0.2, 0.25) is 0 Å². The second kappa shape index (κ2) is 9.17. The maximum atomic E-state index is 11.8. The largest absolute Gasteiger partial charge is 0.504 e. The molecule has 0 saturated carbocycles. The van der Waals surface area contributed by atoms with Crippen LogP contribution in [0.2, 0.25) is 0 Å². The van der Waals surface area contributed by atoms with Gasteiger partial charge in [-0.1, -0.05) is 6.07 Å². The van der Waals surface area contributed by atoms with E-state index in [1.807, 2.05) is 31.2 Å². The Morgan fingerprint density at radius 2 is 2.00 bits per heavy atom. The molecule has 3 N–H and O–H groups in total. The molecule has 0 atom stereocenters. The van der Waals surface area contributed by atoms with Crippen LogP contribution in [-0.4, -0.2) is 37.5 Å². The predicted molar refractivity (Wildman–Crippen MR) is 96.5 cm³/mol. The fourth-order valence-corrected chi connectivity index (χ4v) is 2.04. The first-order valence-electron chi connectivity index (χ1n) is 7.78. The van der Waals surface area contributed by atoms with Crippen LogP contribution in [0.25, 0.3) is 0 Å². The van der Waals surface area contributed by atoms with Crippen LogP contribution in [0.3, 0.4) is 0 Å². The van der Waals surface area contributed by atoms with Crippen molar-refractivity contribution in [1.29, 1.82) is 0 Å². The fraction of sp³-hybridized carbons (Fsp3) is 0.222. The molecule has 0 aliphatic carbocycles. The maximum absolute atomic E-state index is 11.8. The lowest BCUT2D eigenvalue weighted by Gasteiger charge is -2.07. The molecule has 0 spiro atoms. The van der Waals surface area contributed by atoms with Crippen LogP contribution in [0.1, 0.15) is 12.5 Å². The molecule has 0 bridgehead atoms. The Labute approximate surface area is 146 Å². The highest BCUT2D eigenvalue weighted by Crippen LogP contribution is 2.27. The first-order chi connectivity index (χ1) is 12.1. The molecule has 132 valence electrons. The van der Waals surface area contributed by atoms with Gasteiger partial charge < -0.3 is 19.9 Å². The van der Waals surface area contributed by atoms with Crippen LogP contribution >= 0.6 is 0 Å². The Morgan fingerprint density at radius 3 is 2.68 bits per heavy atom. The number of aromatic hydroxyl groups is 1. The molecule has 0 aliphatic rings. The van der Waals surface area contributed by atoms with E-state index in [2.05, 4.69) is 15.8 Å². The molecule has 25 heavy (non-hydrogen) atoms. The molecule has 0 aliphatic heterocycles. The number of hydrazone groups is 1. The fourth-order valence-electron chi connectivity index (χ4n) is 2.04. The standard InChI is InChI=1S/C18H21N3O4/c1-3-25-15-9-7-14(8-10-15)19-12-17(22)21-20-11-13-5-4-6-16(24-2)18(13)23/h4-11,19,23H,3,12H2,1-2H3,(H,21,22)/b20-11-. The molecule has 0 unspecified atom stereocenters. The van der Waals surface area contributed by atoms with Crippen molar-refractivity contribution in [1.82, 2.24) is 5.43 Å². The lowest BCUT2D eigenvalue weighted by atomic mass is 10.2. The number of nitrogens with zero attached hydrogens (tertiary/aromatic N) is 1. The Balaban J connectivity index is 1.82. The third-order valence-electron chi connectivity index (χ3n) is 3.26. The van der Waals surface area contributed by atoms with E-state index < -0.39 is 0 Å². The van der Waals surface area contributed by atoms with Gasteiger partial charge in [-0.3, -0.25) is 4.79 Å². The van der Waals surface area contributed by atoms with Gasteiger partial charge in [0.15, 0.2) is 11.5 Å². The van der Waals surface area contributed by atoms with Crippen LogP contribution in [0, 0.1) is 0 Å². The van der Waals surface area contributed by atoms with Crippen molar-refractivity contribution in [3.63, 3.8) is 0 Å². The molecule has 0 radical (unpaired) electrons. The number of para-hydroxylation sites is 1. The molecule has 2 aromatic rings. The summed E-state index contributed by atoms with van der Waals surface area (Å²) in [7, 11) is 1.46. The number of rotatable bonds is 8. The number of amides is 1. The maximum Gasteiger partial charge on any atom is 0.259 e. The Bertz CT molecular complexity index is 730. The molecule has 2 rings (SSSR count). The molecular weight excluding hydrogens is 322 g/mol. The number of ether oxygens (including phenoxy) is 2. The SMILES string of the molecule is CCOc1ccc(NCC(=O)N/N=C\c2cccc(OC)c2O)cc1. The lowest BCUT2D eigenvalue weighted by Crippen LogP contribution is -2.25. The topological polar surface area (TPSA) is 92.2 Å². The first kappa shape index (κ1) is 18.1. The van der Waals surface area contributed by atoms with Crippen LogP contribution in [-0.2, 0) is 4.79 Å². The second-order valence-electron chi connectivity index (χ2n) is 5.00. The number of methoxy groups -OCH3 is 1. The van der Waals surface area contributed by atoms with Crippen molar-refractivity contribution in [2.75, 3.05) is 25.6 Å². The number of nitrogens with one attached hydrogen (secondary N) is 2. The van der Waals surface area contributed by atoms with Crippen molar-refractivity contribution in [3.05, 3.63) is 48.0 Å². The van der Waals surface area contributed by atoms with Crippen LogP contribution in [0.15, 0.2) is 47.6 Å². The summed E-state index contributed by atoms with van der Waals surface area (Å²) in [4.78, 5) is 11.8. The summed E-state index contributed by atoms with van der Waals surface area (Å²) >= 11 is 0. The van der Waals surface area contributed by atoms with Gasteiger partial charge in [-0.05, 0) is 43.3 Å². The minimum absolute atomic E-state index is 0.0319. The average molecular weight is 343 g/mol.